The predicted molar refractivity (Wildman–Crippen MR) is 74.5 cm³/mol. The summed E-state index contributed by atoms with van der Waals surface area (Å²) in [7, 11) is 2.14. The molecule has 0 spiro atoms. The molecule has 1 aromatic rings. The maximum atomic E-state index is 11.7. The molecule has 1 aliphatic rings. The molecule has 1 amide bonds. The molecular weight excluding hydrogens is 242 g/mol. The van der Waals surface area contributed by atoms with Crippen LogP contribution in [-0.2, 0) is 11.3 Å². The predicted octanol–water partition coefficient (Wildman–Crippen LogP) is 0.456. The molecule has 106 valence electrons. The van der Waals surface area contributed by atoms with Gasteiger partial charge in [-0.15, -0.1) is 0 Å². The highest BCUT2D eigenvalue weighted by molar-refractivity contribution is 5.75. The fraction of sp³-hybridized carbons (Fsp3) is 0.692. The summed E-state index contributed by atoms with van der Waals surface area (Å²) in [5, 5.41) is 6.89. The number of amides is 1. The van der Waals surface area contributed by atoms with E-state index in [4.69, 9.17) is 5.73 Å². The van der Waals surface area contributed by atoms with Crippen molar-refractivity contribution in [3.63, 3.8) is 0 Å². The first-order valence-electron chi connectivity index (χ1n) is 6.91. The SMILES string of the molecule is CN(CCNC(=O)Cn1ccc(N)n1)C1CCCC1. The van der Waals surface area contributed by atoms with Crippen molar-refractivity contribution in [3.8, 4) is 0 Å². The first kappa shape index (κ1) is 13.9. The summed E-state index contributed by atoms with van der Waals surface area (Å²) in [5.74, 6) is 0.414. The van der Waals surface area contributed by atoms with Gasteiger partial charge in [0, 0.05) is 25.3 Å². The molecule has 1 aliphatic carbocycles. The largest absolute Gasteiger partial charge is 0.382 e. The summed E-state index contributed by atoms with van der Waals surface area (Å²) in [6.07, 6.45) is 6.96. The number of nitrogens with one attached hydrogen (secondary N) is 1. The highest BCUT2D eigenvalue weighted by Gasteiger charge is 2.18. The molecule has 0 aliphatic heterocycles. The van der Waals surface area contributed by atoms with Gasteiger partial charge in [-0.1, -0.05) is 12.8 Å². The number of nitrogens with two attached hydrogens (primary N) is 1. The number of hydrogen-bond acceptors (Lipinski definition) is 4. The van der Waals surface area contributed by atoms with Crippen molar-refractivity contribution >= 4 is 11.7 Å². The second-order valence-corrected chi connectivity index (χ2v) is 5.21. The lowest BCUT2D eigenvalue weighted by Crippen LogP contribution is -2.38. The third kappa shape index (κ3) is 4.24. The van der Waals surface area contributed by atoms with Gasteiger partial charge in [0.2, 0.25) is 5.91 Å². The minimum atomic E-state index is -0.0251. The summed E-state index contributed by atoms with van der Waals surface area (Å²) < 4.78 is 1.55. The van der Waals surface area contributed by atoms with Crippen molar-refractivity contribution in [3.05, 3.63) is 12.3 Å². The monoisotopic (exact) mass is 265 g/mol. The van der Waals surface area contributed by atoms with Gasteiger partial charge < -0.3 is 16.0 Å². The van der Waals surface area contributed by atoms with Gasteiger partial charge in [0.1, 0.15) is 12.4 Å². The van der Waals surface area contributed by atoms with Crippen molar-refractivity contribution in [2.75, 3.05) is 25.9 Å². The van der Waals surface area contributed by atoms with Crippen LogP contribution in [0.4, 0.5) is 5.82 Å². The lowest BCUT2D eigenvalue weighted by molar-refractivity contribution is -0.121. The number of carbonyl (C=O) groups is 1. The van der Waals surface area contributed by atoms with E-state index in [0.717, 1.165) is 6.54 Å². The Morgan fingerprint density at radius 2 is 2.32 bits per heavy atom. The Labute approximate surface area is 113 Å². The standard InChI is InChI=1S/C13H23N5O/c1-17(11-4-2-3-5-11)9-7-15-13(19)10-18-8-6-12(14)16-18/h6,8,11H,2-5,7,9-10H2,1H3,(H2,14,16)(H,15,19). The molecule has 0 unspecified atom stereocenters. The highest BCUT2D eigenvalue weighted by atomic mass is 16.2. The van der Waals surface area contributed by atoms with E-state index < -0.39 is 0 Å². The minimum absolute atomic E-state index is 0.0251. The van der Waals surface area contributed by atoms with E-state index in [1.54, 1.807) is 16.9 Å². The Hall–Kier alpha value is -1.56. The zero-order chi connectivity index (χ0) is 13.7. The Kier molecular flexibility index (Phi) is 4.79. The summed E-state index contributed by atoms with van der Waals surface area (Å²) in [6.45, 7) is 1.81. The van der Waals surface area contributed by atoms with Gasteiger partial charge in [-0.3, -0.25) is 9.48 Å². The summed E-state index contributed by atoms with van der Waals surface area (Å²) in [6, 6.07) is 2.38. The van der Waals surface area contributed by atoms with Crippen LogP contribution < -0.4 is 11.1 Å². The number of carbonyl (C=O) groups excluding carboxylic acids is 1. The number of likely N-dealkylation sites (N-methyl/N-ethyl adjacent to an activating group) is 1. The van der Waals surface area contributed by atoms with Crippen LogP contribution in [0.5, 0.6) is 0 Å². The van der Waals surface area contributed by atoms with Gasteiger partial charge in [-0.25, -0.2) is 0 Å². The zero-order valence-electron chi connectivity index (χ0n) is 11.5. The van der Waals surface area contributed by atoms with Crippen LogP contribution in [-0.4, -0.2) is 46.8 Å². The molecule has 0 saturated heterocycles. The molecule has 0 radical (unpaired) electrons. The van der Waals surface area contributed by atoms with Crippen molar-refractivity contribution < 1.29 is 4.79 Å². The van der Waals surface area contributed by atoms with Gasteiger partial charge in [-0.05, 0) is 26.0 Å². The molecular formula is C13H23N5O. The molecule has 6 heteroatoms. The third-order valence-electron chi connectivity index (χ3n) is 3.70. The summed E-state index contributed by atoms with van der Waals surface area (Å²) >= 11 is 0. The third-order valence-corrected chi connectivity index (χ3v) is 3.70. The lowest BCUT2D eigenvalue weighted by Gasteiger charge is -2.23. The topological polar surface area (TPSA) is 76.2 Å². The Bertz CT molecular complexity index is 411. The van der Waals surface area contributed by atoms with Crippen LogP contribution in [0.25, 0.3) is 0 Å². The van der Waals surface area contributed by atoms with E-state index in [1.165, 1.54) is 25.7 Å². The molecule has 1 heterocycles. The molecule has 0 bridgehead atoms. The van der Waals surface area contributed by atoms with Crippen LogP contribution in [0.1, 0.15) is 25.7 Å². The van der Waals surface area contributed by atoms with Gasteiger partial charge in [0.15, 0.2) is 0 Å². The average Bonchev–Trinajstić information content (AvgIpc) is 3.00. The van der Waals surface area contributed by atoms with Gasteiger partial charge in [-0.2, -0.15) is 5.10 Å². The minimum Gasteiger partial charge on any atom is -0.382 e. The van der Waals surface area contributed by atoms with E-state index >= 15 is 0 Å². The van der Waals surface area contributed by atoms with E-state index in [2.05, 4.69) is 22.4 Å². The number of hydrogen-bond donors (Lipinski definition) is 2. The lowest BCUT2D eigenvalue weighted by atomic mass is 10.2. The maximum absolute atomic E-state index is 11.7. The van der Waals surface area contributed by atoms with Gasteiger partial charge in [0.05, 0.1) is 0 Å². The molecule has 3 N–H and O–H groups in total. The summed E-state index contributed by atoms with van der Waals surface area (Å²) in [4.78, 5) is 14.0. The van der Waals surface area contributed by atoms with Crippen molar-refractivity contribution in [1.82, 2.24) is 20.0 Å². The fourth-order valence-corrected chi connectivity index (χ4v) is 2.57. The Balaban J connectivity index is 1.63. The molecule has 1 saturated carbocycles. The zero-order valence-corrected chi connectivity index (χ0v) is 11.5. The van der Waals surface area contributed by atoms with E-state index in [1.807, 2.05) is 0 Å². The molecule has 6 nitrogen and oxygen atoms in total. The molecule has 1 aromatic heterocycles. The highest BCUT2D eigenvalue weighted by Crippen LogP contribution is 2.21. The van der Waals surface area contributed by atoms with Crippen molar-refractivity contribution in [1.29, 1.82) is 0 Å². The molecule has 1 fully saturated rings. The van der Waals surface area contributed by atoms with Crippen molar-refractivity contribution in [2.45, 2.75) is 38.3 Å². The second-order valence-electron chi connectivity index (χ2n) is 5.21. The van der Waals surface area contributed by atoms with Crippen LogP contribution in [0, 0.1) is 0 Å². The average molecular weight is 265 g/mol. The van der Waals surface area contributed by atoms with Crippen molar-refractivity contribution in [2.24, 2.45) is 0 Å². The number of aromatic nitrogens is 2. The van der Waals surface area contributed by atoms with Crippen LogP contribution in [0.2, 0.25) is 0 Å². The van der Waals surface area contributed by atoms with Gasteiger partial charge >= 0.3 is 0 Å². The summed E-state index contributed by atoms with van der Waals surface area (Å²) in [5.41, 5.74) is 5.49. The number of nitrogen functional groups attached to an aromatic ring is 1. The first-order chi connectivity index (χ1) is 9.15. The van der Waals surface area contributed by atoms with Crippen LogP contribution in [0.15, 0.2) is 12.3 Å². The first-order valence-corrected chi connectivity index (χ1v) is 6.91. The molecule has 19 heavy (non-hydrogen) atoms. The number of nitrogens with zero attached hydrogens (tertiary/aromatic N) is 3. The number of rotatable bonds is 6. The van der Waals surface area contributed by atoms with Crippen LogP contribution in [0.3, 0.4) is 0 Å². The number of anilines is 1. The normalized spacial score (nSPS) is 16.1. The molecule has 0 aromatic carbocycles. The quantitative estimate of drug-likeness (QED) is 0.783. The fourth-order valence-electron chi connectivity index (χ4n) is 2.57. The van der Waals surface area contributed by atoms with E-state index in [9.17, 15) is 4.79 Å². The Morgan fingerprint density at radius 3 is 2.95 bits per heavy atom. The van der Waals surface area contributed by atoms with Crippen LogP contribution >= 0.6 is 0 Å². The Morgan fingerprint density at radius 1 is 1.58 bits per heavy atom. The smallest absolute Gasteiger partial charge is 0.241 e. The molecule has 2 rings (SSSR count). The van der Waals surface area contributed by atoms with E-state index in [-0.39, 0.29) is 12.5 Å². The molecule has 0 atom stereocenters. The maximum Gasteiger partial charge on any atom is 0.241 e. The van der Waals surface area contributed by atoms with E-state index in [0.29, 0.717) is 18.4 Å². The second kappa shape index (κ2) is 6.56. The van der Waals surface area contributed by atoms with Gasteiger partial charge in [0.25, 0.3) is 0 Å².